The minimum Gasteiger partial charge on any atom is -0.514 e. The zero-order chi connectivity index (χ0) is 25.5. The number of halogens is 2. The number of nitrogens with two attached hydrogens (primary N) is 1. The van der Waals surface area contributed by atoms with Crippen LogP contribution in [0.4, 0.5) is 5.69 Å². The molecule has 1 unspecified atom stereocenters. The van der Waals surface area contributed by atoms with Gasteiger partial charge in [0, 0.05) is 29.4 Å². The highest BCUT2D eigenvalue weighted by Gasteiger charge is 2.25. The molecule has 0 aromatic carbocycles. The Labute approximate surface area is 214 Å². The summed E-state index contributed by atoms with van der Waals surface area (Å²) in [6.45, 7) is 3.16. The summed E-state index contributed by atoms with van der Waals surface area (Å²) in [4.78, 5) is 33.5. The molecule has 8 nitrogen and oxygen atoms in total. The van der Waals surface area contributed by atoms with Crippen molar-refractivity contribution in [1.82, 2.24) is 15.3 Å². The number of pyridine rings is 2. The highest BCUT2D eigenvalue weighted by Crippen LogP contribution is 2.31. The number of allylic oxidation sites excluding steroid dienone is 4. The number of amides is 1. The molecule has 35 heavy (non-hydrogen) atoms. The molecule has 0 bridgehead atoms. The smallest absolute Gasteiger partial charge is 0.236 e. The molecule has 2 heterocycles. The molecule has 1 amide bonds. The van der Waals surface area contributed by atoms with E-state index in [2.05, 4.69) is 15.6 Å². The van der Waals surface area contributed by atoms with Gasteiger partial charge < -0.3 is 21.5 Å². The summed E-state index contributed by atoms with van der Waals surface area (Å²) in [7, 11) is 0. The lowest BCUT2D eigenvalue weighted by molar-refractivity contribution is -0.122. The summed E-state index contributed by atoms with van der Waals surface area (Å²) in [5.74, 6) is -0.280. The second kappa shape index (κ2) is 12.2. The van der Waals surface area contributed by atoms with E-state index in [1.54, 1.807) is 31.3 Å². The molecule has 1 fully saturated rings. The van der Waals surface area contributed by atoms with Gasteiger partial charge in [-0.3, -0.25) is 14.6 Å². The van der Waals surface area contributed by atoms with Crippen molar-refractivity contribution in [2.45, 2.75) is 57.7 Å². The number of nitrogens with one attached hydrogen (secondary N) is 2. The third-order valence-electron chi connectivity index (χ3n) is 5.88. The molecule has 0 radical (unpaired) electrons. The number of aliphatic hydroxyl groups is 1. The van der Waals surface area contributed by atoms with Gasteiger partial charge in [0.2, 0.25) is 5.91 Å². The first-order valence-electron chi connectivity index (χ1n) is 11.3. The fourth-order valence-corrected chi connectivity index (χ4v) is 4.27. The number of aliphatic hydroxyl groups excluding tert-OH is 1. The maximum Gasteiger partial charge on any atom is 0.236 e. The number of carbonyl (C=O) groups excluding carboxylic acids is 2. The standard InChI is InChI=1S/C25H29Cl2N5O3/c1-14(28)25(35)31-19-5-3-18(4-6-19)30-23-20(15(2)34)12-29-22-8-7-21(32-24(22)23)16(9-10-26)11-17(27)13-33/h7-14,18-19,33H,3-6,28H2,1-2H3,(H,29,30)(H,31,35)/b10-9+,16-11+,17-13-. The molecular weight excluding hydrogens is 489 g/mol. The van der Waals surface area contributed by atoms with Crippen molar-refractivity contribution < 1.29 is 14.7 Å². The van der Waals surface area contributed by atoms with Crippen molar-refractivity contribution in [2.75, 3.05) is 5.32 Å². The van der Waals surface area contributed by atoms with E-state index in [1.807, 2.05) is 0 Å². The number of carbonyl (C=O) groups is 2. The van der Waals surface area contributed by atoms with Crippen molar-refractivity contribution in [3.63, 3.8) is 0 Å². The minimum atomic E-state index is -0.539. The number of ketones is 1. The normalized spacial score (nSPS) is 20.1. The first-order chi connectivity index (χ1) is 16.7. The topological polar surface area (TPSA) is 130 Å². The first kappa shape index (κ1) is 26.7. The van der Waals surface area contributed by atoms with Gasteiger partial charge in [0.25, 0.3) is 0 Å². The van der Waals surface area contributed by atoms with Crippen LogP contribution in [0.5, 0.6) is 0 Å². The number of hydrogen-bond acceptors (Lipinski definition) is 7. The van der Waals surface area contributed by atoms with Crippen LogP contribution in [-0.2, 0) is 4.79 Å². The SMILES string of the molecule is CC(=O)c1cnc2ccc(C(/C=C/Cl)=C/C(Cl)=C/O)nc2c1NC1CCC(NC(=O)C(C)N)CC1. The van der Waals surface area contributed by atoms with E-state index in [0.29, 0.717) is 33.6 Å². The molecule has 2 aromatic rings. The molecule has 1 atom stereocenters. The second-order valence-corrected chi connectivity index (χ2v) is 9.25. The summed E-state index contributed by atoms with van der Waals surface area (Å²) >= 11 is 11.8. The molecule has 0 aliphatic heterocycles. The lowest BCUT2D eigenvalue weighted by Gasteiger charge is -2.31. The van der Waals surface area contributed by atoms with Crippen molar-refractivity contribution in [3.05, 3.63) is 58.6 Å². The fraction of sp³-hybridized carbons (Fsp3) is 0.360. The summed E-state index contributed by atoms with van der Waals surface area (Å²) in [6.07, 6.45) is 8.68. The number of aromatic nitrogens is 2. The molecular formula is C25H29Cl2N5O3. The van der Waals surface area contributed by atoms with Gasteiger partial charge in [-0.25, -0.2) is 4.98 Å². The molecule has 10 heteroatoms. The Hall–Kier alpha value is -2.94. The molecule has 1 aliphatic rings. The van der Waals surface area contributed by atoms with Crippen LogP contribution in [-0.4, -0.2) is 44.9 Å². The summed E-state index contributed by atoms with van der Waals surface area (Å²) in [5.41, 5.74) is 10.3. The van der Waals surface area contributed by atoms with Crippen molar-refractivity contribution >= 4 is 57.2 Å². The monoisotopic (exact) mass is 517 g/mol. The maximum atomic E-state index is 12.4. The van der Waals surface area contributed by atoms with Crippen LogP contribution in [0.15, 0.2) is 47.3 Å². The molecule has 0 saturated heterocycles. The van der Waals surface area contributed by atoms with E-state index in [1.165, 1.54) is 18.5 Å². The Bertz CT molecular complexity index is 1190. The van der Waals surface area contributed by atoms with Crippen LogP contribution in [0, 0.1) is 0 Å². The van der Waals surface area contributed by atoms with Crippen LogP contribution in [0.25, 0.3) is 16.6 Å². The Morgan fingerprint density at radius 1 is 1.23 bits per heavy atom. The van der Waals surface area contributed by atoms with E-state index in [4.69, 9.17) is 33.9 Å². The number of nitrogens with zero attached hydrogens (tertiary/aromatic N) is 2. The van der Waals surface area contributed by atoms with Crippen molar-refractivity contribution in [1.29, 1.82) is 0 Å². The number of rotatable bonds is 8. The van der Waals surface area contributed by atoms with E-state index >= 15 is 0 Å². The van der Waals surface area contributed by atoms with Crippen LogP contribution < -0.4 is 16.4 Å². The number of Topliss-reactive ketones (excluding diaryl/α,β-unsaturated/α-hetero) is 1. The minimum absolute atomic E-state index is 0.0807. The van der Waals surface area contributed by atoms with Gasteiger partial charge in [-0.05, 0) is 63.8 Å². The van der Waals surface area contributed by atoms with E-state index in [9.17, 15) is 14.7 Å². The van der Waals surface area contributed by atoms with Gasteiger partial charge in [0.1, 0.15) is 5.52 Å². The zero-order valence-corrected chi connectivity index (χ0v) is 21.1. The molecule has 1 aliphatic carbocycles. The van der Waals surface area contributed by atoms with E-state index in [0.717, 1.165) is 31.9 Å². The average Bonchev–Trinajstić information content (AvgIpc) is 2.84. The third kappa shape index (κ3) is 6.81. The Kier molecular flexibility index (Phi) is 9.26. The summed E-state index contributed by atoms with van der Waals surface area (Å²) < 4.78 is 0. The van der Waals surface area contributed by atoms with Gasteiger partial charge in [0.05, 0.1) is 39.8 Å². The summed E-state index contributed by atoms with van der Waals surface area (Å²) in [6, 6.07) is 3.21. The maximum absolute atomic E-state index is 12.4. The van der Waals surface area contributed by atoms with Crippen LogP contribution in [0.2, 0.25) is 0 Å². The second-order valence-electron chi connectivity index (χ2n) is 8.56. The quantitative estimate of drug-likeness (QED) is 0.225. The Morgan fingerprint density at radius 3 is 2.51 bits per heavy atom. The van der Waals surface area contributed by atoms with Gasteiger partial charge in [-0.2, -0.15) is 0 Å². The highest BCUT2D eigenvalue weighted by molar-refractivity contribution is 6.31. The lowest BCUT2D eigenvalue weighted by Crippen LogP contribution is -2.46. The summed E-state index contributed by atoms with van der Waals surface area (Å²) in [5, 5.41) is 15.8. The van der Waals surface area contributed by atoms with E-state index < -0.39 is 6.04 Å². The Morgan fingerprint density at radius 2 is 1.91 bits per heavy atom. The first-order valence-corrected chi connectivity index (χ1v) is 12.2. The number of anilines is 1. The van der Waals surface area contributed by atoms with Gasteiger partial charge in [-0.1, -0.05) is 23.2 Å². The largest absolute Gasteiger partial charge is 0.514 e. The zero-order valence-electron chi connectivity index (χ0n) is 19.6. The van der Waals surface area contributed by atoms with Gasteiger partial charge in [-0.15, -0.1) is 0 Å². The van der Waals surface area contributed by atoms with Crippen molar-refractivity contribution in [2.24, 2.45) is 5.73 Å². The predicted molar refractivity (Wildman–Crippen MR) is 141 cm³/mol. The van der Waals surface area contributed by atoms with Crippen LogP contribution >= 0.6 is 23.2 Å². The molecule has 186 valence electrons. The van der Waals surface area contributed by atoms with Crippen molar-refractivity contribution in [3.8, 4) is 0 Å². The molecule has 1 saturated carbocycles. The predicted octanol–water partition coefficient (Wildman–Crippen LogP) is 4.79. The van der Waals surface area contributed by atoms with Crippen LogP contribution in [0.3, 0.4) is 0 Å². The number of hydrogen-bond donors (Lipinski definition) is 4. The molecule has 2 aromatic heterocycles. The lowest BCUT2D eigenvalue weighted by atomic mass is 9.90. The molecule has 0 spiro atoms. The Balaban J connectivity index is 1.94. The van der Waals surface area contributed by atoms with E-state index in [-0.39, 0.29) is 28.8 Å². The molecule has 3 rings (SSSR count). The third-order valence-corrected chi connectivity index (χ3v) is 6.22. The van der Waals surface area contributed by atoms with Crippen LogP contribution in [0.1, 0.15) is 55.6 Å². The van der Waals surface area contributed by atoms with Gasteiger partial charge >= 0.3 is 0 Å². The highest BCUT2D eigenvalue weighted by atomic mass is 35.5. The number of fused-ring (bicyclic) bond motifs is 1. The average molecular weight is 518 g/mol. The molecule has 5 N–H and O–H groups in total. The van der Waals surface area contributed by atoms with Gasteiger partial charge in [0.15, 0.2) is 5.78 Å². The fourth-order valence-electron chi connectivity index (χ4n) is 4.02.